The number of hydrogen-bond donors (Lipinski definition) is 0. The zero-order valence-electron chi connectivity index (χ0n) is 8.77. The van der Waals surface area contributed by atoms with Crippen LogP contribution in [-0.2, 0) is 6.54 Å². The molecule has 2 rings (SSSR count). The Kier molecular flexibility index (Phi) is 2.69. The van der Waals surface area contributed by atoms with Gasteiger partial charge in [-0.25, -0.2) is 4.68 Å². The van der Waals surface area contributed by atoms with Crippen molar-refractivity contribution in [3.63, 3.8) is 0 Å². The van der Waals surface area contributed by atoms with Crippen molar-refractivity contribution in [1.29, 1.82) is 0 Å². The summed E-state index contributed by atoms with van der Waals surface area (Å²) in [6.07, 6.45) is 1.92. The molecule has 0 aliphatic rings. The van der Waals surface area contributed by atoms with Gasteiger partial charge in [0.05, 0.1) is 5.52 Å². The Morgan fingerprint density at radius 3 is 2.80 bits per heavy atom. The fourth-order valence-corrected chi connectivity index (χ4v) is 1.96. The van der Waals surface area contributed by atoms with Crippen molar-refractivity contribution in [1.82, 2.24) is 9.20 Å². The van der Waals surface area contributed by atoms with Gasteiger partial charge < -0.3 is 0 Å². The second kappa shape index (κ2) is 3.85. The second-order valence-corrected chi connectivity index (χ2v) is 4.99. The molecule has 2 aromatic heterocycles. The molecule has 0 fully saturated rings. The van der Waals surface area contributed by atoms with Crippen molar-refractivity contribution in [2.75, 3.05) is 0 Å². The second-order valence-electron chi connectivity index (χ2n) is 4.08. The van der Waals surface area contributed by atoms with E-state index in [9.17, 15) is 4.79 Å². The Morgan fingerprint density at radius 1 is 1.40 bits per heavy atom. The highest BCUT2D eigenvalue weighted by atomic mass is 79.9. The summed E-state index contributed by atoms with van der Waals surface area (Å²) >= 11 is 3.41. The lowest BCUT2D eigenvalue weighted by Gasteiger charge is -2.08. The molecule has 0 amide bonds. The van der Waals surface area contributed by atoms with E-state index < -0.39 is 0 Å². The topological polar surface area (TPSA) is 26.4 Å². The number of pyridine rings is 1. The maximum atomic E-state index is 11.7. The lowest BCUT2D eigenvalue weighted by Crippen LogP contribution is -2.21. The smallest absolute Gasteiger partial charge is 0.267 e. The van der Waals surface area contributed by atoms with E-state index in [0.29, 0.717) is 5.92 Å². The molecule has 80 valence electrons. The highest BCUT2D eigenvalue weighted by Gasteiger charge is 2.06. The van der Waals surface area contributed by atoms with Gasteiger partial charge in [-0.05, 0) is 34.0 Å². The Labute approximate surface area is 96.4 Å². The van der Waals surface area contributed by atoms with Crippen LogP contribution >= 0.6 is 15.9 Å². The average Bonchev–Trinajstić information content (AvgIpc) is 2.43. The van der Waals surface area contributed by atoms with Crippen LogP contribution in [0.1, 0.15) is 13.8 Å². The van der Waals surface area contributed by atoms with E-state index in [2.05, 4.69) is 29.8 Å². The number of hydrogen-bond acceptors (Lipinski definition) is 1. The third-order valence-corrected chi connectivity index (χ3v) is 2.72. The van der Waals surface area contributed by atoms with Crippen LogP contribution in [0.2, 0.25) is 0 Å². The van der Waals surface area contributed by atoms with Crippen LogP contribution in [0.4, 0.5) is 0 Å². The Morgan fingerprint density at radius 2 is 2.13 bits per heavy atom. The van der Waals surface area contributed by atoms with Gasteiger partial charge in [0.2, 0.25) is 0 Å². The van der Waals surface area contributed by atoms with Crippen molar-refractivity contribution >= 4 is 21.4 Å². The molecule has 0 aromatic carbocycles. The van der Waals surface area contributed by atoms with Crippen LogP contribution in [0, 0.1) is 5.92 Å². The van der Waals surface area contributed by atoms with E-state index in [4.69, 9.17) is 0 Å². The summed E-state index contributed by atoms with van der Waals surface area (Å²) in [6, 6.07) is 5.53. The molecule has 0 unspecified atom stereocenters. The van der Waals surface area contributed by atoms with Gasteiger partial charge in [-0.2, -0.15) is 0 Å². The van der Waals surface area contributed by atoms with Crippen LogP contribution in [0.5, 0.6) is 0 Å². The van der Waals surface area contributed by atoms with Gasteiger partial charge in [-0.15, -0.1) is 0 Å². The standard InChI is InChI=1S/C11H13BrN2O/c1-8(2)6-14-11(15)5-10-4-3-9(12)7-13(10)14/h3-5,7-8H,6H2,1-2H3. The number of halogens is 1. The Balaban J connectivity index is 2.65. The van der Waals surface area contributed by atoms with Crippen molar-refractivity contribution in [3.8, 4) is 0 Å². The van der Waals surface area contributed by atoms with Crippen LogP contribution < -0.4 is 5.56 Å². The van der Waals surface area contributed by atoms with E-state index in [1.165, 1.54) is 0 Å². The zero-order valence-corrected chi connectivity index (χ0v) is 10.4. The van der Waals surface area contributed by atoms with Crippen molar-refractivity contribution < 1.29 is 0 Å². The first kappa shape index (κ1) is 10.5. The number of rotatable bonds is 2. The molecule has 0 saturated heterocycles. The molecular formula is C11H13BrN2O. The van der Waals surface area contributed by atoms with Gasteiger partial charge in [-0.1, -0.05) is 13.8 Å². The predicted molar refractivity (Wildman–Crippen MR) is 64.2 cm³/mol. The summed E-state index contributed by atoms with van der Waals surface area (Å²) < 4.78 is 4.63. The molecular weight excluding hydrogens is 256 g/mol. The van der Waals surface area contributed by atoms with E-state index in [1.54, 1.807) is 10.7 Å². The van der Waals surface area contributed by atoms with Crippen molar-refractivity contribution in [2.24, 2.45) is 5.92 Å². The molecule has 0 aliphatic heterocycles. The third kappa shape index (κ3) is 2.00. The Bertz CT molecular complexity index is 539. The maximum Gasteiger partial charge on any atom is 0.267 e. The fraction of sp³-hybridized carbons (Fsp3) is 0.364. The van der Waals surface area contributed by atoms with E-state index in [1.807, 2.05) is 22.8 Å². The predicted octanol–water partition coefficient (Wildman–Crippen LogP) is 2.52. The minimum absolute atomic E-state index is 0.0572. The molecule has 0 spiro atoms. The lowest BCUT2D eigenvalue weighted by atomic mass is 10.2. The summed E-state index contributed by atoms with van der Waals surface area (Å²) in [5.74, 6) is 0.458. The minimum Gasteiger partial charge on any atom is -0.268 e. The SMILES string of the molecule is CC(C)Cn1c(=O)cc2ccc(Br)cn21. The molecule has 4 heteroatoms. The van der Waals surface area contributed by atoms with E-state index in [-0.39, 0.29) is 5.56 Å². The van der Waals surface area contributed by atoms with Gasteiger partial charge in [0.1, 0.15) is 0 Å². The first-order valence-corrected chi connectivity index (χ1v) is 5.75. The van der Waals surface area contributed by atoms with Gasteiger partial charge >= 0.3 is 0 Å². The molecule has 0 radical (unpaired) electrons. The molecule has 0 aliphatic carbocycles. The Hall–Kier alpha value is -1.03. The molecule has 0 atom stereocenters. The highest BCUT2D eigenvalue weighted by Crippen LogP contribution is 2.11. The summed E-state index contributed by atoms with van der Waals surface area (Å²) in [5.41, 5.74) is 0.991. The van der Waals surface area contributed by atoms with Crippen molar-refractivity contribution in [3.05, 3.63) is 39.2 Å². The van der Waals surface area contributed by atoms with Crippen LogP contribution in [0.25, 0.3) is 5.52 Å². The normalized spacial score (nSPS) is 11.5. The fourth-order valence-electron chi connectivity index (χ4n) is 1.63. The quantitative estimate of drug-likeness (QED) is 0.822. The first-order valence-electron chi connectivity index (χ1n) is 4.95. The molecule has 2 heterocycles. The summed E-state index contributed by atoms with van der Waals surface area (Å²) in [7, 11) is 0. The molecule has 3 nitrogen and oxygen atoms in total. The average molecular weight is 269 g/mol. The lowest BCUT2D eigenvalue weighted by molar-refractivity contribution is 0.454. The monoisotopic (exact) mass is 268 g/mol. The molecule has 2 aromatic rings. The molecule has 0 N–H and O–H groups in total. The number of aromatic nitrogens is 2. The number of nitrogens with zero attached hydrogens (tertiary/aromatic N) is 2. The third-order valence-electron chi connectivity index (χ3n) is 2.25. The van der Waals surface area contributed by atoms with Gasteiger partial charge in [0, 0.05) is 23.3 Å². The van der Waals surface area contributed by atoms with Crippen molar-refractivity contribution in [2.45, 2.75) is 20.4 Å². The first-order chi connectivity index (χ1) is 7.08. The molecule has 0 saturated carbocycles. The largest absolute Gasteiger partial charge is 0.268 e. The van der Waals surface area contributed by atoms with Crippen LogP contribution in [0.3, 0.4) is 0 Å². The van der Waals surface area contributed by atoms with Crippen LogP contribution in [0.15, 0.2) is 33.7 Å². The summed E-state index contributed by atoms with van der Waals surface area (Å²) in [6.45, 7) is 4.94. The van der Waals surface area contributed by atoms with Gasteiger partial charge in [0.25, 0.3) is 5.56 Å². The molecule has 15 heavy (non-hydrogen) atoms. The highest BCUT2D eigenvalue weighted by molar-refractivity contribution is 9.10. The minimum atomic E-state index is 0.0572. The maximum absolute atomic E-state index is 11.7. The van der Waals surface area contributed by atoms with Crippen LogP contribution in [-0.4, -0.2) is 9.20 Å². The molecule has 0 bridgehead atoms. The van der Waals surface area contributed by atoms with E-state index in [0.717, 1.165) is 16.5 Å². The summed E-state index contributed by atoms with van der Waals surface area (Å²) in [4.78, 5) is 11.7. The van der Waals surface area contributed by atoms with Gasteiger partial charge in [-0.3, -0.25) is 9.31 Å². The zero-order chi connectivity index (χ0) is 11.0. The van der Waals surface area contributed by atoms with E-state index >= 15 is 0 Å². The summed E-state index contributed by atoms with van der Waals surface area (Å²) in [5, 5.41) is 0. The van der Waals surface area contributed by atoms with Gasteiger partial charge in [0.15, 0.2) is 0 Å². The number of fused-ring (bicyclic) bond motifs is 1.